The molecular formula is C23H19N5O. The molecule has 0 aliphatic carbocycles. The van der Waals surface area contributed by atoms with E-state index >= 15 is 0 Å². The first-order chi connectivity index (χ1) is 14.3. The van der Waals surface area contributed by atoms with Crippen molar-refractivity contribution in [2.24, 2.45) is 0 Å². The van der Waals surface area contributed by atoms with Crippen LogP contribution < -0.4 is 5.32 Å². The minimum absolute atomic E-state index is 0.0367. The monoisotopic (exact) mass is 381 g/mol. The maximum Gasteiger partial charge on any atom is 0.226 e. The van der Waals surface area contributed by atoms with Crippen LogP contribution in [-0.4, -0.2) is 25.0 Å². The van der Waals surface area contributed by atoms with E-state index in [1.807, 2.05) is 59.3 Å². The van der Waals surface area contributed by atoms with Gasteiger partial charge in [-0.1, -0.05) is 30.3 Å². The molecule has 3 aromatic heterocycles. The summed E-state index contributed by atoms with van der Waals surface area (Å²) in [6.45, 7) is 0.631. The van der Waals surface area contributed by atoms with E-state index in [2.05, 4.69) is 38.1 Å². The quantitative estimate of drug-likeness (QED) is 0.491. The Morgan fingerprint density at radius 2 is 1.72 bits per heavy atom. The fourth-order valence-corrected chi connectivity index (χ4v) is 3.53. The number of benzene rings is 2. The van der Waals surface area contributed by atoms with Gasteiger partial charge in [0.15, 0.2) is 0 Å². The van der Waals surface area contributed by atoms with Crippen LogP contribution >= 0.6 is 0 Å². The highest BCUT2D eigenvalue weighted by atomic mass is 16.1. The average molecular weight is 381 g/mol. The van der Waals surface area contributed by atoms with Gasteiger partial charge in [0, 0.05) is 24.7 Å². The van der Waals surface area contributed by atoms with Gasteiger partial charge in [0.05, 0.1) is 22.9 Å². The molecule has 5 aromatic rings. The molecule has 0 saturated carbocycles. The number of pyridine rings is 1. The van der Waals surface area contributed by atoms with Gasteiger partial charge < -0.3 is 9.88 Å². The Morgan fingerprint density at radius 3 is 2.59 bits per heavy atom. The maximum absolute atomic E-state index is 12.4. The molecule has 6 nitrogen and oxygen atoms in total. The molecule has 1 amide bonds. The zero-order valence-corrected chi connectivity index (χ0v) is 15.7. The molecule has 0 radical (unpaired) electrons. The van der Waals surface area contributed by atoms with E-state index in [-0.39, 0.29) is 5.91 Å². The Kier molecular flexibility index (Phi) is 4.29. The van der Waals surface area contributed by atoms with Crippen LogP contribution in [0.15, 0.2) is 85.5 Å². The van der Waals surface area contributed by atoms with Crippen molar-refractivity contribution in [2.45, 2.75) is 13.0 Å². The lowest BCUT2D eigenvalue weighted by molar-refractivity contribution is -0.116. The summed E-state index contributed by atoms with van der Waals surface area (Å²) in [6, 6.07) is 21.9. The summed E-state index contributed by atoms with van der Waals surface area (Å²) in [4.78, 5) is 21.2. The SMILES string of the molecule is O=C(CCn1ccc2ccccc21)Nc1ccc(-n2cnc3ccccc32)nc1. The summed E-state index contributed by atoms with van der Waals surface area (Å²) in [5.74, 6) is 0.723. The molecule has 3 heterocycles. The predicted octanol–water partition coefficient (Wildman–Crippen LogP) is 4.40. The Morgan fingerprint density at radius 1 is 0.897 bits per heavy atom. The zero-order chi connectivity index (χ0) is 19.6. The predicted molar refractivity (Wildman–Crippen MR) is 114 cm³/mol. The van der Waals surface area contributed by atoms with Crippen molar-refractivity contribution in [1.29, 1.82) is 0 Å². The number of hydrogen-bond donors (Lipinski definition) is 1. The molecule has 0 aliphatic rings. The van der Waals surface area contributed by atoms with Crippen LogP contribution in [0.5, 0.6) is 0 Å². The van der Waals surface area contributed by atoms with Crippen LogP contribution in [0.4, 0.5) is 5.69 Å². The standard InChI is InChI=1S/C23H19N5O/c29-23(12-14-27-13-11-17-5-1-3-7-20(17)27)26-18-9-10-22(24-15-18)28-16-25-19-6-2-4-8-21(19)28/h1-11,13,15-16H,12,14H2,(H,26,29). The number of carbonyl (C=O) groups excluding carboxylic acids is 1. The number of nitrogens with one attached hydrogen (secondary N) is 1. The van der Waals surface area contributed by atoms with Crippen LogP contribution in [0.25, 0.3) is 27.8 Å². The second-order valence-corrected chi connectivity index (χ2v) is 6.87. The van der Waals surface area contributed by atoms with E-state index in [0.717, 1.165) is 22.4 Å². The van der Waals surface area contributed by atoms with Crippen molar-refractivity contribution in [3.8, 4) is 5.82 Å². The Labute approximate surface area is 167 Å². The minimum Gasteiger partial charge on any atom is -0.347 e. The molecule has 0 saturated heterocycles. The summed E-state index contributed by atoms with van der Waals surface area (Å²) in [5.41, 5.74) is 3.74. The smallest absolute Gasteiger partial charge is 0.226 e. The van der Waals surface area contributed by atoms with Crippen molar-refractivity contribution in [1.82, 2.24) is 19.1 Å². The molecule has 142 valence electrons. The van der Waals surface area contributed by atoms with Crippen molar-refractivity contribution in [3.63, 3.8) is 0 Å². The highest BCUT2D eigenvalue weighted by Crippen LogP contribution is 2.18. The molecular weight excluding hydrogens is 362 g/mol. The van der Waals surface area contributed by atoms with Gasteiger partial charge in [-0.15, -0.1) is 0 Å². The van der Waals surface area contributed by atoms with Crippen LogP contribution in [0.1, 0.15) is 6.42 Å². The first-order valence-corrected chi connectivity index (χ1v) is 9.50. The fourth-order valence-electron chi connectivity index (χ4n) is 3.53. The first kappa shape index (κ1) is 17.2. The van der Waals surface area contributed by atoms with Crippen molar-refractivity contribution in [3.05, 3.63) is 85.5 Å². The molecule has 5 rings (SSSR count). The number of para-hydroxylation sites is 3. The molecule has 6 heteroatoms. The number of amides is 1. The van der Waals surface area contributed by atoms with Gasteiger partial charge >= 0.3 is 0 Å². The third-order valence-electron chi connectivity index (χ3n) is 4.99. The minimum atomic E-state index is -0.0367. The van der Waals surface area contributed by atoms with E-state index in [1.54, 1.807) is 12.5 Å². The number of rotatable bonds is 5. The molecule has 29 heavy (non-hydrogen) atoms. The number of anilines is 1. The third kappa shape index (κ3) is 3.36. The van der Waals surface area contributed by atoms with Gasteiger partial charge in [-0.25, -0.2) is 9.97 Å². The van der Waals surface area contributed by atoms with Crippen LogP contribution in [0, 0.1) is 0 Å². The van der Waals surface area contributed by atoms with Gasteiger partial charge in [0.2, 0.25) is 5.91 Å². The molecule has 0 aliphatic heterocycles. The number of aryl methyl sites for hydroxylation is 1. The van der Waals surface area contributed by atoms with Gasteiger partial charge in [0.1, 0.15) is 12.1 Å². The highest BCUT2D eigenvalue weighted by Gasteiger charge is 2.08. The summed E-state index contributed by atoms with van der Waals surface area (Å²) in [7, 11) is 0. The van der Waals surface area contributed by atoms with Gasteiger partial charge in [0.25, 0.3) is 0 Å². The third-order valence-corrected chi connectivity index (χ3v) is 4.99. The largest absolute Gasteiger partial charge is 0.347 e. The normalized spacial score (nSPS) is 11.2. The Hall–Kier alpha value is -3.93. The number of nitrogens with zero attached hydrogens (tertiary/aromatic N) is 4. The summed E-state index contributed by atoms with van der Waals surface area (Å²) in [5, 5.41) is 4.10. The van der Waals surface area contributed by atoms with Crippen LogP contribution in [0.2, 0.25) is 0 Å². The second kappa shape index (κ2) is 7.24. The topological polar surface area (TPSA) is 64.7 Å². The van der Waals surface area contributed by atoms with Crippen molar-refractivity contribution >= 4 is 33.5 Å². The molecule has 0 spiro atoms. The number of imidazole rings is 1. The number of carbonyl (C=O) groups is 1. The number of fused-ring (bicyclic) bond motifs is 2. The molecule has 2 aromatic carbocycles. The lowest BCUT2D eigenvalue weighted by Crippen LogP contribution is -2.14. The average Bonchev–Trinajstić information content (AvgIpc) is 3.37. The number of aromatic nitrogens is 4. The Balaban J connectivity index is 1.25. The van der Waals surface area contributed by atoms with E-state index < -0.39 is 0 Å². The highest BCUT2D eigenvalue weighted by molar-refractivity contribution is 5.90. The van der Waals surface area contributed by atoms with Crippen LogP contribution in [0.3, 0.4) is 0 Å². The van der Waals surface area contributed by atoms with Gasteiger partial charge in [-0.2, -0.15) is 0 Å². The lowest BCUT2D eigenvalue weighted by Gasteiger charge is -2.08. The Bertz CT molecular complexity index is 1300. The van der Waals surface area contributed by atoms with Gasteiger partial charge in [-0.05, 0) is 41.8 Å². The van der Waals surface area contributed by atoms with Crippen LogP contribution in [-0.2, 0) is 11.3 Å². The fraction of sp³-hybridized carbons (Fsp3) is 0.0870. The van der Waals surface area contributed by atoms with E-state index in [9.17, 15) is 4.79 Å². The van der Waals surface area contributed by atoms with E-state index in [4.69, 9.17) is 0 Å². The first-order valence-electron chi connectivity index (χ1n) is 9.50. The molecule has 1 N–H and O–H groups in total. The second-order valence-electron chi connectivity index (χ2n) is 6.87. The van der Waals surface area contributed by atoms with Crippen molar-refractivity contribution < 1.29 is 4.79 Å². The van der Waals surface area contributed by atoms with Crippen molar-refractivity contribution in [2.75, 3.05) is 5.32 Å². The summed E-state index contributed by atoms with van der Waals surface area (Å²) < 4.78 is 4.03. The zero-order valence-electron chi connectivity index (χ0n) is 15.7. The lowest BCUT2D eigenvalue weighted by atomic mass is 10.2. The van der Waals surface area contributed by atoms with E-state index in [0.29, 0.717) is 18.7 Å². The summed E-state index contributed by atoms with van der Waals surface area (Å²) in [6.07, 6.45) is 5.84. The number of hydrogen-bond acceptors (Lipinski definition) is 3. The maximum atomic E-state index is 12.4. The van der Waals surface area contributed by atoms with E-state index in [1.165, 1.54) is 5.39 Å². The van der Waals surface area contributed by atoms with Gasteiger partial charge in [-0.3, -0.25) is 9.36 Å². The molecule has 0 bridgehead atoms. The molecule has 0 unspecified atom stereocenters. The summed E-state index contributed by atoms with van der Waals surface area (Å²) >= 11 is 0. The molecule has 0 fully saturated rings. The molecule has 0 atom stereocenters.